The van der Waals surface area contributed by atoms with Crippen LogP contribution in [0.4, 0.5) is 11.6 Å². The summed E-state index contributed by atoms with van der Waals surface area (Å²) in [5.74, 6) is 1.76. The Morgan fingerprint density at radius 1 is 1.20 bits per heavy atom. The van der Waals surface area contributed by atoms with Crippen molar-refractivity contribution in [2.45, 2.75) is 26.3 Å². The van der Waals surface area contributed by atoms with Gasteiger partial charge in [0.2, 0.25) is 0 Å². The van der Waals surface area contributed by atoms with Crippen LogP contribution >= 0.6 is 0 Å². The molecule has 0 amide bonds. The SMILES string of the molecule is CCCCN(C)c1cc(NCc2ccccn2)ncn1. The number of nitrogens with one attached hydrogen (secondary N) is 1. The second kappa shape index (κ2) is 7.43. The zero-order valence-corrected chi connectivity index (χ0v) is 12.1. The fourth-order valence-electron chi connectivity index (χ4n) is 1.85. The highest BCUT2D eigenvalue weighted by molar-refractivity contribution is 5.47. The van der Waals surface area contributed by atoms with Gasteiger partial charge in [0.05, 0.1) is 12.2 Å². The molecule has 0 saturated carbocycles. The molecule has 0 radical (unpaired) electrons. The van der Waals surface area contributed by atoms with E-state index in [1.165, 1.54) is 6.42 Å². The van der Waals surface area contributed by atoms with E-state index >= 15 is 0 Å². The zero-order valence-electron chi connectivity index (χ0n) is 12.1. The molecule has 0 spiro atoms. The molecule has 2 heterocycles. The van der Waals surface area contributed by atoms with Crippen LogP contribution in [0.2, 0.25) is 0 Å². The van der Waals surface area contributed by atoms with E-state index in [4.69, 9.17) is 0 Å². The quantitative estimate of drug-likeness (QED) is 0.839. The Morgan fingerprint density at radius 3 is 2.85 bits per heavy atom. The van der Waals surface area contributed by atoms with Crippen molar-refractivity contribution in [3.8, 4) is 0 Å². The average molecular weight is 271 g/mol. The molecule has 0 bridgehead atoms. The van der Waals surface area contributed by atoms with Gasteiger partial charge < -0.3 is 10.2 Å². The highest BCUT2D eigenvalue weighted by Crippen LogP contribution is 2.13. The standard InChI is InChI=1S/C15H21N5/c1-3-4-9-20(2)15-10-14(18-12-19-15)17-11-13-7-5-6-8-16-13/h5-8,10,12H,3-4,9,11H2,1-2H3,(H,17,18,19). The van der Waals surface area contributed by atoms with Gasteiger partial charge in [-0.15, -0.1) is 0 Å². The Labute approximate surface area is 120 Å². The molecule has 2 aromatic rings. The van der Waals surface area contributed by atoms with Crippen molar-refractivity contribution in [2.75, 3.05) is 23.8 Å². The second-order valence-electron chi connectivity index (χ2n) is 4.71. The van der Waals surface area contributed by atoms with Crippen LogP contribution in [-0.2, 0) is 6.54 Å². The number of unbranched alkanes of at least 4 members (excludes halogenated alkanes) is 1. The predicted octanol–water partition coefficient (Wildman–Crippen LogP) is 2.72. The van der Waals surface area contributed by atoms with E-state index in [1.54, 1.807) is 12.5 Å². The van der Waals surface area contributed by atoms with Crippen molar-refractivity contribution in [3.63, 3.8) is 0 Å². The second-order valence-corrected chi connectivity index (χ2v) is 4.71. The zero-order chi connectivity index (χ0) is 14.2. The third-order valence-electron chi connectivity index (χ3n) is 3.07. The Hall–Kier alpha value is -2.17. The molecule has 0 aliphatic rings. The van der Waals surface area contributed by atoms with E-state index in [2.05, 4.69) is 39.1 Å². The average Bonchev–Trinajstić information content (AvgIpc) is 2.52. The summed E-state index contributed by atoms with van der Waals surface area (Å²) in [6.07, 6.45) is 5.73. The van der Waals surface area contributed by atoms with Gasteiger partial charge >= 0.3 is 0 Å². The molecule has 0 aliphatic heterocycles. The third kappa shape index (κ3) is 4.19. The summed E-state index contributed by atoms with van der Waals surface area (Å²) in [6, 6.07) is 7.85. The maximum atomic E-state index is 4.31. The van der Waals surface area contributed by atoms with Crippen LogP contribution in [0.3, 0.4) is 0 Å². The van der Waals surface area contributed by atoms with Crippen LogP contribution in [0.1, 0.15) is 25.5 Å². The van der Waals surface area contributed by atoms with Gasteiger partial charge in [0.25, 0.3) is 0 Å². The highest BCUT2D eigenvalue weighted by atomic mass is 15.2. The summed E-state index contributed by atoms with van der Waals surface area (Å²) in [6.45, 7) is 3.86. The van der Waals surface area contributed by atoms with Gasteiger partial charge in [-0.1, -0.05) is 19.4 Å². The Morgan fingerprint density at radius 2 is 2.10 bits per heavy atom. The Kier molecular flexibility index (Phi) is 5.29. The molecule has 2 rings (SSSR count). The maximum absolute atomic E-state index is 4.31. The van der Waals surface area contributed by atoms with E-state index in [1.807, 2.05) is 24.3 Å². The highest BCUT2D eigenvalue weighted by Gasteiger charge is 2.04. The molecule has 0 unspecified atom stereocenters. The summed E-state index contributed by atoms with van der Waals surface area (Å²) in [5, 5.41) is 3.27. The third-order valence-corrected chi connectivity index (χ3v) is 3.07. The molecule has 0 aromatic carbocycles. The molecule has 1 N–H and O–H groups in total. The van der Waals surface area contributed by atoms with Crippen LogP contribution in [0.5, 0.6) is 0 Å². The van der Waals surface area contributed by atoms with Gasteiger partial charge in [0.1, 0.15) is 18.0 Å². The normalized spacial score (nSPS) is 10.3. The number of anilines is 2. The minimum absolute atomic E-state index is 0.663. The lowest BCUT2D eigenvalue weighted by molar-refractivity contribution is 0.758. The lowest BCUT2D eigenvalue weighted by Crippen LogP contribution is -2.19. The summed E-state index contributed by atoms with van der Waals surface area (Å²) < 4.78 is 0. The smallest absolute Gasteiger partial charge is 0.133 e. The molecule has 106 valence electrons. The van der Waals surface area contributed by atoms with Crippen LogP contribution < -0.4 is 10.2 Å². The summed E-state index contributed by atoms with van der Waals surface area (Å²) in [7, 11) is 2.06. The largest absolute Gasteiger partial charge is 0.364 e. The van der Waals surface area contributed by atoms with Crippen molar-refractivity contribution >= 4 is 11.6 Å². The molecular weight excluding hydrogens is 250 g/mol. The lowest BCUT2D eigenvalue weighted by atomic mass is 10.3. The van der Waals surface area contributed by atoms with E-state index in [-0.39, 0.29) is 0 Å². The minimum atomic E-state index is 0.663. The lowest BCUT2D eigenvalue weighted by Gasteiger charge is -2.18. The van der Waals surface area contributed by atoms with Gasteiger partial charge in [-0.25, -0.2) is 9.97 Å². The number of hydrogen-bond acceptors (Lipinski definition) is 5. The van der Waals surface area contributed by atoms with Gasteiger partial charge in [-0.05, 0) is 18.6 Å². The first kappa shape index (κ1) is 14.2. The number of hydrogen-bond donors (Lipinski definition) is 1. The topological polar surface area (TPSA) is 53.9 Å². The van der Waals surface area contributed by atoms with E-state index in [0.717, 1.165) is 30.3 Å². The molecule has 5 nitrogen and oxygen atoms in total. The molecule has 0 aliphatic carbocycles. The fraction of sp³-hybridized carbons (Fsp3) is 0.400. The van der Waals surface area contributed by atoms with Gasteiger partial charge in [0, 0.05) is 25.9 Å². The monoisotopic (exact) mass is 271 g/mol. The van der Waals surface area contributed by atoms with Crippen molar-refractivity contribution < 1.29 is 0 Å². The van der Waals surface area contributed by atoms with E-state index in [9.17, 15) is 0 Å². The van der Waals surface area contributed by atoms with Gasteiger partial charge in [-0.2, -0.15) is 0 Å². The maximum Gasteiger partial charge on any atom is 0.133 e. The first-order valence-electron chi connectivity index (χ1n) is 6.96. The Bertz CT molecular complexity index is 515. The molecule has 2 aromatic heterocycles. The van der Waals surface area contributed by atoms with E-state index < -0.39 is 0 Å². The predicted molar refractivity (Wildman–Crippen MR) is 81.8 cm³/mol. The first-order chi connectivity index (χ1) is 9.79. The van der Waals surface area contributed by atoms with Crippen molar-refractivity contribution in [3.05, 3.63) is 42.5 Å². The van der Waals surface area contributed by atoms with Gasteiger partial charge in [0.15, 0.2) is 0 Å². The number of pyridine rings is 1. The van der Waals surface area contributed by atoms with Crippen molar-refractivity contribution in [2.24, 2.45) is 0 Å². The molecular formula is C15H21N5. The fourth-order valence-corrected chi connectivity index (χ4v) is 1.85. The van der Waals surface area contributed by atoms with Gasteiger partial charge in [-0.3, -0.25) is 4.98 Å². The first-order valence-corrected chi connectivity index (χ1v) is 6.96. The number of nitrogens with zero attached hydrogens (tertiary/aromatic N) is 4. The van der Waals surface area contributed by atoms with Crippen LogP contribution in [0.15, 0.2) is 36.8 Å². The van der Waals surface area contributed by atoms with Crippen LogP contribution in [0.25, 0.3) is 0 Å². The van der Waals surface area contributed by atoms with E-state index in [0.29, 0.717) is 6.54 Å². The Balaban J connectivity index is 1.95. The van der Waals surface area contributed by atoms with Crippen LogP contribution in [-0.4, -0.2) is 28.5 Å². The van der Waals surface area contributed by atoms with Crippen LogP contribution in [0, 0.1) is 0 Å². The molecule has 0 atom stereocenters. The molecule has 0 saturated heterocycles. The number of rotatable bonds is 7. The summed E-state index contributed by atoms with van der Waals surface area (Å²) in [4.78, 5) is 15.0. The number of aromatic nitrogens is 3. The summed E-state index contributed by atoms with van der Waals surface area (Å²) in [5.41, 5.74) is 0.993. The minimum Gasteiger partial charge on any atom is -0.364 e. The molecule has 0 fully saturated rings. The van der Waals surface area contributed by atoms with Crippen molar-refractivity contribution in [1.29, 1.82) is 0 Å². The molecule has 20 heavy (non-hydrogen) atoms. The summed E-state index contributed by atoms with van der Waals surface area (Å²) >= 11 is 0. The molecule has 5 heteroatoms. The van der Waals surface area contributed by atoms with Crippen molar-refractivity contribution in [1.82, 2.24) is 15.0 Å².